The highest BCUT2D eigenvalue weighted by molar-refractivity contribution is 9.10. The minimum absolute atomic E-state index is 0.495. The maximum absolute atomic E-state index is 10.4. The van der Waals surface area contributed by atoms with Gasteiger partial charge in [0, 0.05) is 28.6 Å². The first-order valence-corrected chi connectivity index (χ1v) is 8.92. The van der Waals surface area contributed by atoms with Crippen LogP contribution in [0.5, 0.6) is 0 Å². The maximum Gasteiger partial charge on any atom is 0.0816 e. The number of nitrogens with zero attached hydrogens (tertiary/aromatic N) is 1. The van der Waals surface area contributed by atoms with Gasteiger partial charge < -0.3 is 10.0 Å². The van der Waals surface area contributed by atoms with E-state index in [1.807, 2.05) is 18.2 Å². The second-order valence-corrected chi connectivity index (χ2v) is 7.85. The van der Waals surface area contributed by atoms with E-state index in [0.29, 0.717) is 11.1 Å². The van der Waals surface area contributed by atoms with Gasteiger partial charge in [0.25, 0.3) is 0 Å². The van der Waals surface area contributed by atoms with E-state index in [2.05, 4.69) is 41.6 Å². The number of halogens is 2. The Bertz CT molecular complexity index is 482. The first-order chi connectivity index (χ1) is 9.88. The summed E-state index contributed by atoms with van der Waals surface area (Å²) in [6, 6.07) is 6.27. The molecule has 118 valence electrons. The molecule has 0 aromatic heterocycles. The lowest BCUT2D eigenvalue weighted by Crippen LogP contribution is -2.46. The molecule has 1 aromatic rings. The summed E-state index contributed by atoms with van der Waals surface area (Å²) in [6.07, 6.45) is 1.54. The number of likely N-dealkylation sites (tertiary alicyclic amines) is 1. The molecule has 1 saturated heterocycles. The monoisotopic (exact) mass is 373 g/mol. The lowest BCUT2D eigenvalue weighted by atomic mass is 9.86. The van der Waals surface area contributed by atoms with Crippen molar-refractivity contribution in [1.29, 1.82) is 0 Å². The molecule has 4 atom stereocenters. The topological polar surface area (TPSA) is 23.5 Å². The van der Waals surface area contributed by atoms with Crippen LogP contribution in [-0.2, 0) is 0 Å². The van der Waals surface area contributed by atoms with Gasteiger partial charge in [-0.25, -0.2) is 0 Å². The van der Waals surface area contributed by atoms with E-state index in [4.69, 9.17) is 11.6 Å². The molecule has 4 unspecified atom stereocenters. The third-order valence-corrected chi connectivity index (χ3v) is 5.55. The van der Waals surface area contributed by atoms with Crippen molar-refractivity contribution < 1.29 is 5.11 Å². The van der Waals surface area contributed by atoms with Gasteiger partial charge in [0.15, 0.2) is 0 Å². The van der Waals surface area contributed by atoms with Crippen LogP contribution in [-0.4, -0.2) is 29.1 Å². The molecule has 1 N–H and O–H groups in total. The predicted molar refractivity (Wildman–Crippen MR) is 92.7 cm³/mol. The molecule has 0 aliphatic carbocycles. The van der Waals surface area contributed by atoms with Crippen LogP contribution in [0, 0.1) is 11.8 Å². The Morgan fingerprint density at radius 1 is 1.38 bits per heavy atom. The summed E-state index contributed by atoms with van der Waals surface area (Å²) < 4.78 is 0.941. The second kappa shape index (κ2) is 7.45. The SMILES string of the molecule is CC1CC(C)C(C)N(CCC(O)c2ccc(Br)cc2Cl)C1. The predicted octanol–water partition coefficient (Wildman–Crippen LogP) is 4.89. The van der Waals surface area contributed by atoms with Crippen molar-refractivity contribution in [3.63, 3.8) is 0 Å². The highest BCUT2D eigenvalue weighted by Gasteiger charge is 2.28. The van der Waals surface area contributed by atoms with Crippen molar-refractivity contribution in [3.8, 4) is 0 Å². The van der Waals surface area contributed by atoms with Crippen molar-refractivity contribution >= 4 is 27.5 Å². The summed E-state index contributed by atoms with van der Waals surface area (Å²) >= 11 is 9.61. The van der Waals surface area contributed by atoms with Gasteiger partial charge in [0.1, 0.15) is 0 Å². The number of hydrogen-bond acceptors (Lipinski definition) is 2. The third kappa shape index (κ3) is 4.44. The van der Waals surface area contributed by atoms with Crippen LogP contribution in [0.1, 0.15) is 45.3 Å². The van der Waals surface area contributed by atoms with Gasteiger partial charge in [0.2, 0.25) is 0 Å². The molecule has 0 amide bonds. The van der Waals surface area contributed by atoms with E-state index in [-0.39, 0.29) is 0 Å². The molecule has 1 aliphatic rings. The minimum atomic E-state index is -0.495. The van der Waals surface area contributed by atoms with Crippen LogP contribution in [0.4, 0.5) is 0 Å². The lowest BCUT2D eigenvalue weighted by molar-refractivity contribution is 0.0599. The van der Waals surface area contributed by atoms with Gasteiger partial charge in [-0.3, -0.25) is 0 Å². The molecule has 0 bridgehead atoms. The van der Waals surface area contributed by atoms with E-state index in [9.17, 15) is 5.11 Å². The molecule has 1 aromatic carbocycles. The van der Waals surface area contributed by atoms with Crippen molar-refractivity contribution in [3.05, 3.63) is 33.3 Å². The highest BCUT2D eigenvalue weighted by atomic mass is 79.9. The zero-order chi connectivity index (χ0) is 15.6. The van der Waals surface area contributed by atoms with Crippen LogP contribution < -0.4 is 0 Å². The molecule has 0 spiro atoms. The smallest absolute Gasteiger partial charge is 0.0816 e. The van der Waals surface area contributed by atoms with Crippen molar-refractivity contribution in [2.45, 2.75) is 45.8 Å². The largest absolute Gasteiger partial charge is 0.388 e. The van der Waals surface area contributed by atoms with Crippen LogP contribution in [0.25, 0.3) is 0 Å². The Hall–Kier alpha value is -0.0900. The number of aliphatic hydroxyl groups excluding tert-OH is 1. The fourth-order valence-corrected chi connectivity index (χ4v) is 4.14. The molecule has 0 saturated carbocycles. The van der Waals surface area contributed by atoms with Crippen LogP contribution in [0.2, 0.25) is 5.02 Å². The van der Waals surface area contributed by atoms with Crippen molar-refractivity contribution in [2.75, 3.05) is 13.1 Å². The summed E-state index contributed by atoms with van der Waals surface area (Å²) in [5.41, 5.74) is 0.825. The number of piperidine rings is 1. The fourth-order valence-electron chi connectivity index (χ4n) is 3.34. The normalized spacial score (nSPS) is 28.6. The standard InChI is InChI=1S/C17H25BrClNO/c1-11-8-12(2)13(3)20(10-11)7-6-17(21)15-5-4-14(18)9-16(15)19/h4-5,9,11-13,17,21H,6-8,10H2,1-3H3. The number of rotatable bonds is 4. The molecule has 4 heteroatoms. The van der Waals surface area contributed by atoms with E-state index in [0.717, 1.165) is 41.4 Å². The van der Waals surface area contributed by atoms with Gasteiger partial charge >= 0.3 is 0 Å². The average Bonchev–Trinajstić information content (AvgIpc) is 2.40. The van der Waals surface area contributed by atoms with Gasteiger partial charge in [-0.15, -0.1) is 0 Å². The summed E-state index contributed by atoms with van der Waals surface area (Å²) in [4.78, 5) is 2.51. The number of hydrogen-bond donors (Lipinski definition) is 1. The lowest BCUT2D eigenvalue weighted by Gasteiger charge is -2.41. The summed E-state index contributed by atoms with van der Waals surface area (Å²) in [5, 5.41) is 11.0. The minimum Gasteiger partial charge on any atom is -0.388 e. The second-order valence-electron chi connectivity index (χ2n) is 6.52. The zero-order valence-electron chi connectivity index (χ0n) is 13.0. The molecule has 1 heterocycles. The summed E-state index contributed by atoms with van der Waals surface area (Å²) in [5.74, 6) is 1.46. The molecular weight excluding hydrogens is 350 g/mol. The first-order valence-electron chi connectivity index (χ1n) is 7.75. The molecule has 2 nitrogen and oxygen atoms in total. The van der Waals surface area contributed by atoms with Crippen LogP contribution in [0.15, 0.2) is 22.7 Å². The van der Waals surface area contributed by atoms with E-state index >= 15 is 0 Å². The Morgan fingerprint density at radius 2 is 2.10 bits per heavy atom. The molecular formula is C17H25BrClNO. The van der Waals surface area contributed by atoms with Crippen molar-refractivity contribution in [2.24, 2.45) is 11.8 Å². The fraction of sp³-hybridized carbons (Fsp3) is 0.647. The van der Waals surface area contributed by atoms with Gasteiger partial charge in [-0.2, -0.15) is 0 Å². The summed E-state index contributed by atoms with van der Waals surface area (Å²) in [6.45, 7) is 9.00. The van der Waals surface area contributed by atoms with E-state index in [1.165, 1.54) is 6.42 Å². The Balaban J connectivity index is 1.95. The van der Waals surface area contributed by atoms with Gasteiger partial charge in [-0.05, 0) is 49.3 Å². The maximum atomic E-state index is 10.4. The number of benzene rings is 1. The third-order valence-electron chi connectivity index (χ3n) is 4.73. The van der Waals surface area contributed by atoms with Crippen LogP contribution in [0.3, 0.4) is 0 Å². The van der Waals surface area contributed by atoms with Gasteiger partial charge in [-0.1, -0.05) is 47.4 Å². The molecule has 2 rings (SSSR count). The molecule has 1 fully saturated rings. The molecule has 21 heavy (non-hydrogen) atoms. The molecule has 0 radical (unpaired) electrons. The molecule has 1 aliphatic heterocycles. The number of aliphatic hydroxyl groups is 1. The van der Waals surface area contributed by atoms with Crippen molar-refractivity contribution in [1.82, 2.24) is 4.90 Å². The Labute approximate surface area is 141 Å². The van der Waals surface area contributed by atoms with Gasteiger partial charge in [0.05, 0.1) is 6.10 Å². The Kier molecular flexibility index (Phi) is 6.13. The zero-order valence-corrected chi connectivity index (χ0v) is 15.4. The first kappa shape index (κ1) is 17.3. The highest BCUT2D eigenvalue weighted by Crippen LogP contribution is 2.31. The van der Waals surface area contributed by atoms with Crippen LogP contribution >= 0.6 is 27.5 Å². The summed E-state index contributed by atoms with van der Waals surface area (Å²) in [7, 11) is 0. The quantitative estimate of drug-likeness (QED) is 0.811. The average molecular weight is 375 g/mol. The van der Waals surface area contributed by atoms with E-state index < -0.39 is 6.10 Å². The van der Waals surface area contributed by atoms with E-state index in [1.54, 1.807) is 0 Å². The Morgan fingerprint density at radius 3 is 2.76 bits per heavy atom.